The summed E-state index contributed by atoms with van der Waals surface area (Å²) >= 11 is 0. The minimum atomic E-state index is -0.561. The molecule has 0 aliphatic heterocycles. The van der Waals surface area contributed by atoms with Crippen LogP contribution in [0.5, 0.6) is 0 Å². The van der Waals surface area contributed by atoms with Crippen LogP contribution in [0.15, 0.2) is 12.2 Å². The van der Waals surface area contributed by atoms with Crippen molar-refractivity contribution < 1.29 is 9.92 Å². The fourth-order valence-corrected chi connectivity index (χ4v) is 7.07. The van der Waals surface area contributed by atoms with Crippen LogP contribution in [0, 0.1) is 44.6 Å². The molecule has 7 atom stereocenters. The van der Waals surface area contributed by atoms with Gasteiger partial charge in [-0.05, 0) is 85.9 Å². The minimum Gasteiger partial charge on any atom is -0.310 e. The van der Waals surface area contributed by atoms with Crippen molar-refractivity contribution >= 4 is 0 Å². The molecule has 0 saturated heterocycles. The summed E-state index contributed by atoms with van der Waals surface area (Å²) in [5.74, 6) is 3.03. The summed E-state index contributed by atoms with van der Waals surface area (Å²) in [5.41, 5.74) is 0.475. The number of nitrogens with zero attached hydrogens (tertiary/aromatic N) is 1. The zero-order valence-electron chi connectivity index (χ0n) is 14.4. The van der Waals surface area contributed by atoms with Gasteiger partial charge in [0.15, 0.2) is 0 Å². The van der Waals surface area contributed by atoms with Gasteiger partial charge in [-0.15, -0.1) is 10.1 Å². The van der Waals surface area contributed by atoms with E-state index in [4.69, 9.17) is 4.84 Å². The maximum Gasteiger partial charge on any atom is 0.294 e. The molecule has 4 aliphatic rings. The van der Waals surface area contributed by atoms with Crippen molar-refractivity contribution in [2.75, 3.05) is 0 Å². The molecule has 0 aromatic rings. The Morgan fingerprint density at radius 2 is 1.83 bits per heavy atom. The first-order valence-electron chi connectivity index (χ1n) is 9.41. The first kappa shape index (κ1) is 15.5. The summed E-state index contributed by atoms with van der Waals surface area (Å²) in [6.45, 7) is 4.80. The summed E-state index contributed by atoms with van der Waals surface area (Å²) < 4.78 is 0. The Morgan fingerprint density at radius 1 is 1.04 bits per heavy atom. The van der Waals surface area contributed by atoms with Gasteiger partial charge >= 0.3 is 0 Å². The first-order chi connectivity index (χ1) is 10.9. The van der Waals surface area contributed by atoms with Crippen LogP contribution in [0.25, 0.3) is 0 Å². The van der Waals surface area contributed by atoms with E-state index in [9.17, 15) is 10.1 Å². The fraction of sp³-hybridized carbons (Fsp3) is 0.895. The predicted octanol–water partition coefficient (Wildman–Crippen LogP) is 4.77. The van der Waals surface area contributed by atoms with E-state index < -0.39 is 5.09 Å². The van der Waals surface area contributed by atoms with Crippen molar-refractivity contribution in [2.45, 2.75) is 71.3 Å². The summed E-state index contributed by atoms with van der Waals surface area (Å²) in [4.78, 5) is 16.0. The van der Waals surface area contributed by atoms with Crippen LogP contribution in [0.3, 0.4) is 0 Å². The number of fused-ring (bicyclic) bond motifs is 5. The van der Waals surface area contributed by atoms with E-state index in [-0.39, 0.29) is 11.5 Å². The second kappa shape index (κ2) is 5.22. The van der Waals surface area contributed by atoms with E-state index in [1.54, 1.807) is 0 Å². The van der Waals surface area contributed by atoms with Crippen molar-refractivity contribution in [3.8, 4) is 0 Å². The molecule has 4 nitrogen and oxygen atoms in total. The molecular formula is C19H29NO3. The van der Waals surface area contributed by atoms with Crippen molar-refractivity contribution in [2.24, 2.45) is 34.5 Å². The maximum absolute atomic E-state index is 10.9. The van der Waals surface area contributed by atoms with Gasteiger partial charge in [0.05, 0.1) is 0 Å². The standard InChI is InChI=1S/C19H29NO3/c1-18-11-4-3-5-13(18)6-7-14-15-8-9-17(23-20(21)22)19(15,2)12-10-16(14)18/h3-4,13-17H,5-12H2,1-2H3/t13?,14-,15-,16-,17?,18-,19-/m0/s1. The second-order valence-electron chi connectivity index (χ2n) is 9.01. The normalized spacial score (nSPS) is 51.5. The Labute approximate surface area is 138 Å². The lowest BCUT2D eigenvalue weighted by atomic mass is 9.46. The Bertz CT molecular complexity index is 533. The van der Waals surface area contributed by atoms with Crippen molar-refractivity contribution in [3.05, 3.63) is 22.3 Å². The van der Waals surface area contributed by atoms with E-state index >= 15 is 0 Å². The largest absolute Gasteiger partial charge is 0.310 e. The molecule has 0 aromatic heterocycles. The predicted molar refractivity (Wildman–Crippen MR) is 88.1 cm³/mol. The van der Waals surface area contributed by atoms with Gasteiger partial charge in [-0.25, -0.2) is 0 Å². The summed E-state index contributed by atoms with van der Waals surface area (Å²) in [6, 6.07) is 0. The highest BCUT2D eigenvalue weighted by molar-refractivity contribution is 5.12. The van der Waals surface area contributed by atoms with Gasteiger partial charge in [-0.3, -0.25) is 0 Å². The average Bonchev–Trinajstić information content (AvgIpc) is 2.83. The van der Waals surface area contributed by atoms with E-state index in [0.717, 1.165) is 37.0 Å². The van der Waals surface area contributed by atoms with Crippen molar-refractivity contribution in [1.82, 2.24) is 0 Å². The van der Waals surface area contributed by atoms with Gasteiger partial charge in [-0.2, -0.15) is 0 Å². The molecular weight excluding hydrogens is 290 g/mol. The SMILES string of the molecule is C[C@]12CC=CCC1CC[C@@H]1[C@@H]2CC[C@]2(C)C(O[N+](=O)[O-])CC[C@@H]12. The van der Waals surface area contributed by atoms with Gasteiger partial charge in [0.25, 0.3) is 5.09 Å². The Balaban J connectivity index is 1.60. The number of allylic oxidation sites excluding steroid dienone is 2. The van der Waals surface area contributed by atoms with Gasteiger partial charge in [0, 0.05) is 0 Å². The Morgan fingerprint density at radius 3 is 2.61 bits per heavy atom. The molecule has 3 saturated carbocycles. The molecule has 0 radical (unpaired) electrons. The smallest absolute Gasteiger partial charge is 0.294 e. The van der Waals surface area contributed by atoms with Crippen LogP contribution in [0.4, 0.5) is 0 Å². The second-order valence-corrected chi connectivity index (χ2v) is 9.01. The van der Waals surface area contributed by atoms with Crippen molar-refractivity contribution in [3.63, 3.8) is 0 Å². The number of rotatable bonds is 2. The molecule has 0 amide bonds. The third-order valence-electron chi connectivity index (χ3n) is 8.34. The van der Waals surface area contributed by atoms with Gasteiger partial charge < -0.3 is 4.84 Å². The van der Waals surface area contributed by atoms with Crippen LogP contribution in [-0.2, 0) is 4.84 Å². The van der Waals surface area contributed by atoms with Gasteiger partial charge in [0.1, 0.15) is 6.10 Å². The average molecular weight is 319 g/mol. The van der Waals surface area contributed by atoms with Gasteiger partial charge in [0.2, 0.25) is 0 Å². The molecule has 4 heteroatoms. The van der Waals surface area contributed by atoms with E-state index in [2.05, 4.69) is 26.0 Å². The van der Waals surface area contributed by atoms with Crippen LogP contribution in [0.1, 0.15) is 65.2 Å². The zero-order chi connectivity index (χ0) is 16.2. The molecule has 3 fully saturated rings. The molecule has 0 spiro atoms. The summed E-state index contributed by atoms with van der Waals surface area (Å²) in [6.07, 6.45) is 14.1. The lowest BCUT2D eigenvalue weighted by molar-refractivity contribution is -0.772. The first-order valence-corrected chi connectivity index (χ1v) is 9.41. The highest BCUT2D eigenvalue weighted by Crippen LogP contribution is 2.65. The van der Waals surface area contributed by atoms with Crippen molar-refractivity contribution in [1.29, 1.82) is 0 Å². The number of hydrogen-bond acceptors (Lipinski definition) is 3. The van der Waals surface area contributed by atoms with E-state index in [1.807, 2.05) is 0 Å². The molecule has 23 heavy (non-hydrogen) atoms. The molecule has 2 unspecified atom stereocenters. The lowest BCUT2D eigenvalue weighted by Crippen LogP contribution is -2.53. The molecule has 0 aromatic carbocycles. The highest BCUT2D eigenvalue weighted by Gasteiger charge is 2.60. The monoisotopic (exact) mass is 319 g/mol. The van der Waals surface area contributed by atoms with Gasteiger partial charge in [-0.1, -0.05) is 26.0 Å². The Kier molecular flexibility index (Phi) is 3.51. The van der Waals surface area contributed by atoms with E-state index in [0.29, 0.717) is 11.3 Å². The molecule has 4 aliphatic carbocycles. The third-order valence-corrected chi connectivity index (χ3v) is 8.34. The molecule has 128 valence electrons. The molecule has 4 rings (SSSR count). The molecule has 0 N–H and O–H groups in total. The molecule has 0 bridgehead atoms. The van der Waals surface area contributed by atoms with Crippen LogP contribution in [-0.4, -0.2) is 11.2 Å². The Hall–Kier alpha value is -1.06. The molecule has 0 heterocycles. The minimum absolute atomic E-state index is 0.0158. The number of hydrogen-bond donors (Lipinski definition) is 0. The fourth-order valence-electron chi connectivity index (χ4n) is 7.07. The van der Waals surface area contributed by atoms with Crippen LogP contribution in [0.2, 0.25) is 0 Å². The van der Waals surface area contributed by atoms with E-state index in [1.165, 1.54) is 32.1 Å². The highest BCUT2D eigenvalue weighted by atomic mass is 17.0. The quantitative estimate of drug-likeness (QED) is 0.418. The third kappa shape index (κ3) is 2.16. The van der Waals surface area contributed by atoms with Crippen LogP contribution < -0.4 is 0 Å². The topological polar surface area (TPSA) is 52.4 Å². The zero-order valence-corrected chi connectivity index (χ0v) is 14.4. The lowest BCUT2D eigenvalue weighted by Gasteiger charge is -2.59. The summed E-state index contributed by atoms with van der Waals surface area (Å²) in [7, 11) is 0. The summed E-state index contributed by atoms with van der Waals surface area (Å²) in [5, 5.41) is 10.3. The van der Waals surface area contributed by atoms with Crippen LogP contribution >= 0.6 is 0 Å². The maximum atomic E-state index is 10.9.